The van der Waals surface area contributed by atoms with Gasteiger partial charge in [0.2, 0.25) is 0 Å². The first kappa shape index (κ1) is 21.6. The Kier molecular flexibility index (Phi) is 6.37. The van der Waals surface area contributed by atoms with Gasteiger partial charge in [0, 0.05) is 25.7 Å². The second-order valence-electron chi connectivity index (χ2n) is 8.65. The molecule has 0 saturated carbocycles. The van der Waals surface area contributed by atoms with Gasteiger partial charge in [-0.05, 0) is 60.5 Å². The van der Waals surface area contributed by atoms with E-state index in [-0.39, 0.29) is 11.9 Å². The number of carbonyl (C=O) groups excluding carboxylic acids is 1. The summed E-state index contributed by atoms with van der Waals surface area (Å²) < 4.78 is 1.78. The normalized spacial score (nSPS) is 14.9. The smallest absolute Gasteiger partial charge is 0.270 e. The Labute approximate surface area is 198 Å². The zero-order chi connectivity index (χ0) is 22.6. The highest BCUT2D eigenvalue weighted by molar-refractivity contribution is 7.13. The Morgan fingerprint density at radius 3 is 2.58 bits per heavy atom. The van der Waals surface area contributed by atoms with E-state index in [0.717, 1.165) is 54.3 Å². The van der Waals surface area contributed by atoms with Crippen LogP contribution >= 0.6 is 11.3 Å². The van der Waals surface area contributed by atoms with Gasteiger partial charge < -0.3 is 5.32 Å². The van der Waals surface area contributed by atoms with Crippen molar-refractivity contribution in [1.82, 2.24) is 20.0 Å². The number of nitrogens with one attached hydrogen (secondary N) is 1. The number of thiophene rings is 1. The molecule has 168 valence electrons. The lowest BCUT2D eigenvalue weighted by atomic mass is 10.0. The molecule has 1 saturated heterocycles. The molecule has 1 fully saturated rings. The number of likely N-dealkylation sites (tertiary alicyclic amines) is 1. The highest BCUT2D eigenvalue weighted by Crippen LogP contribution is 2.26. The molecule has 0 atom stereocenters. The standard InChI is InChI=1S/C27H28N4OS/c1-20-7-5-10-23(17-20)31-25(18-24(29-31)26-11-6-16-33-26)27(32)28-22-12-14-30(15-13-22)19-21-8-3-2-4-9-21/h2-11,16-18,22H,12-15,19H2,1H3,(H,28,32). The molecule has 2 aromatic heterocycles. The Hall–Kier alpha value is -3.22. The topological polar surface area (TPSA) is 50.2 Å². The molecule has 0 unspecified atom stereocenters. The number of benzene rings is 2. The van der Waals surface area contributed by atoms with Crippen molar-refractivity contribution in [1.29, 1.82) is 0 Å². The Morgan fingerprint density at radius 2 is 1.85 bits per heavy atom. The molecule has 5 rings (SSSR count). The van der Waals surface area contributed by atoms with Gasteiger partial charge >= 0.3 is 0 Å². The molecule has 2 aromatic carbocycles. The van der Waals surface area contributed by atoms with E-state index in [9.17, 15) is 4.79 Å². The van der Waals surface area contributed by atoms with E-state index < -0.39 is 0 Å². The minimum atomic E-state index is -0.0617. The molecule has 33 heavy (non-hydrogen) atoms. The lowest BCUT2D eigenvalue weighted by molar-refractivity contribution is 0.0901. The van der Waals surface area contributed by atoms with Gasteiger partial charge in [-0.3, -0.25) is 9.69 Å². The number of aryl methyl sites for hydroxylation is 1. The number of piperidine rings is 1. The molecule has 5 nitrogen and oxygen atoms in total. The van der Waals surface area contributed by atoms with E-state index in [1.54, 1.807) is 16.0 Å². The number of aromatic nitrogens is 2. The van der Waals surface area contributed by atoms with Crippen LogP contribution in [0.4, 0.5) is 0 Å². The summed E-state index contributed by atoms with van der Waals surface area (Å²) in [5, 5.41) is 10.1. The van der Waals surface area contributed by atoms with E-state index in [4.69, 9.17) is 5.10 Å². The zero-order valence-corrected chi connectivity index (χ0v) is 19.6. The monoisotopic (exact) mass is 456 g/mol. The summed E-state index contributed by atoms with van der Waals surface area (Å²) in [6.07, 6.45) is 1.91. The molecule has 1 aliphatic rings. The summed E-state index contributed by atoms with van der Waals surface area (Å²) in [5.74, 6) is -0.0617. The second kappa shape index (κ2) is 9.73. The summed E-state index contributed by atoms with van der Waals surface area (Å²) in [7, 11) is 0. The number of amides is 1. The van der Waals surface area contributed by atoms with Gasteiger partial charge in [-0.25, -0.2) is 4.68 Å². The average molecular weight is 457 g/mol. The molecule has 1 amide bonds. The molecule has 0 bridgehead atoms. The summed E-state index contributed by atoms with van der Waals surface area (Å²) >= 11 is 1.63. The maximum absolute atomic E-state index is 13.4. The van der Waals surface area contributed by atoms with Crippen LogP contribution < -0.4 is 5.32 Å². The SMILES string of the molecule is Cc1cccc(-n2nc(-c3cccs3)cc2C(=O)NC2CCN(Cc3ccccc3)CC2)c1. The van der Waals surface area contributed by atoms with Gasteiger partial charge in [0.25, 0.3) is 5.91 Å². The Balaban J connectivity index is 1.30. The first-order valence-electron chi connectivity index (χ1n) is 11.4. The van der Waals surface area contributed by atoms with E-state index >= 15 is 0 Å². The molecule has 0 aliphatic carbocycles. The first-order chi connectivity index (χ1) is 16.2. The minimum absolute atomic E-state index is 0.0617. The number of rotatable bonds is 6. The third-order valence-electron chi connectivity index (χ3n) is 6.13. The minimum Gasteiger partial charge on any atom is -0.348 e. The van der Waals surface area contributed by atoms with Crippen molar-refractivity contribution < 1.29 is 4.79 Å². The molecular weight excluding hydrogens is 428 g/mol. The van der Waals surface area contributed by atoms with Crippen molar-refractivity contribution in [3.8, 4) is 16.3 Å². The summed E-state index contributed by atoms with van der Waals surface area (Å²) in [6, 6.07) is 24.8. The van der Waals surface area contributed by atoms with Gasteiger partial charge in [-0.15, -0.1) is 11.3 Å². The van der Waals surface area contributed by atoms with Crippen molar-refractivity contribution in [2.45, 2.75) is 32.4 Å². The van der Waals surface area contributed by atoms with Crippen molar-refractivity contribution in [2.75, 3.05) is 13.1 Å². The van der Waals surface area contributed by atoms with Crippen LogP contribution in [0, 0.1) is 6.92 Å². The Morgan fingerprint density at radius 1 is 1.03 bits per heavy atom. The van der Waals surface area contributed by atoms with E-state index in [1.807, 2.05) is 35.7 Å². The number of hydrogen-bond donors (Lipinski definition) is 1. The quantitative estimate of drug-likeness (QED) is 0.428. The van der Waals surface area contributed by atoms with Gasteiger partial charge in [0.1, 0.15) is 11.4 Å². The van der Waals surface area contributed by atoms with Gasteiger partial charge in [0.15, 0.2) is 0 Å². The predicted molar refractivity (Wildman–Crippen MR) is 134 cm³/mol. The van der Waals surface area contributed by atoms with Crippen LogP contribution in [0.2, 0.25) is 0 Å². The third kappa shape index (κ3) is 5.07. The van der Waals surface area contributed by atoms with E-state index in [0.29, 0.717) is 5.69 Å². The fourth-order valence-electron chi connectivity index (χ4n) is 4.38. The number of nitrogens with zero attached hydrogens (tertiary/aromatic N) is 3. The summed E-state index contributed by atoms with van der Waals surface area (Å²) in [6.45, 7) is 4.98. The largest absolute Gasteiger partial charge is 0.348 e. The Bertz CT molecular complexity index is 1210. The van der Waals surface area contributed by atoms with E-state index in [1.165, 1.54) is 5.56 Å². The summed E-state index contributed by atoms with van der Waals surface area (Å²) in [4.78, 5) is 16.9. The van der Waals surface area contributed by atoms with Crippen LogP contribution in [-0.2, 0) is 6.54 Å². The van der Waals surface area contributed by atoms with Gasteiger partial charge in [-0.1, -0.05) is 48.5 Å². The van der Waals surface area contributed by atoms with Gasteiger partial charge in [0.05, 0.1) is 10.6 Å². The predicted octanol–water partition coefficient (Wildman–Crippen LogP) is 5.30. The van der Waals surface area contributed by atoms with Crippen LogP contribution in [-0.4, -0.2) is 39.7 Å². The maximum Gasteiger partial charge on any atom is 0.270 e. The van der Waals surface area contributed by atoms with Crippen molar-refractivity contribution >= 4 is 17.2 Å². The molecule has 1 aliphatic heterocycles. The number of hydrogen-bond acceptors (Lipinski definition) is 4. The summed E-state index contributed by atoms with van der Waals surface area (Å²) in [5.41, 5.74) is 4.78. The molecule has 0 spiro atoms. The van der Waals surface area contributed by atoms with Crippen LogP contribution in [0.1, 0.15) is 34.5 Å². The van der Waals surface area contributed by atoms with Crippen molar-refractivity contribution in [3.05, 3.63) is 95.0 Å². The number of carbonyl (C=O) groups is 1. The molecule has 4 aromatic rings. The molecule has 0 radical (unpaired) electrons. The van der Waals surface area contributed by atoms with Crippen LogP contribution in [0.25, 0.3) is 16.3 Å². The fourth-order valence-corrected chi connectivity index (χ4v) is 5.06. The molecular formula is C27H28N4OS. The zero-order valence-electron chi connectivity index (χ0n) is 18.8. The van der Waals surface area contributed by atoms with Crippen molar-refractivity contribution in [2.24, 2.45) is 0 Å². The molecule has 3 heterocycles. The van der Waals surface area contributed by atoms with Crippen LogP contribution in [0.3, 0.4) is 0 Å². The maximum atomic E-state index is 13.4. The van der Waals surface area contributed by atoms with Crippen LogP contribution in [0.5, 0.6) is 0 Å². The second-order valence-corrected chi connectivity index (χ2v) is 9.60. The lowest BCUT2D eigenvalue weighted by Crippen LogP contribution is -2.44. The van der Waals surface area contributed by atoms with Crippen molar-refractivity contribution in [3.63, 3.8) is 0 Å². The molecule has 6 heteroatoms. The first-order valence-corrected chi connectivity index (χ1v) is 12.3. The fraction of sp³-hybridized carbons (Fsp3) is 0.259. The lowest BCUT2D eigenvalue weighted by Gasteiger charge is -2.32. The third-order valence-corrected chi connectivity index (χ3v) is 7.03. The average Bonchev–Trinajstić information content (AvgIpc) is 3.51. The van der Waals surface area contributed by atoms with E-state index in [2.05, 4.69) is 59.6 Å². The molecule has 1 N–H and O–H groups in total. The van der Waals surface area contributed by atoms with Gasteiger partial charge in [-0.2, -0.15) is 5.10 Å². The van der Waals surface area contributed by atoms with Crippen LogP contribution in [0.15, 0.2) is 78.2 Å². The highest BCUT2D eigenvalue weighted by Gasteiger charge is 2.24. The highest BCUT2D eigenvalue weighted by atomic mass is 32.1.